The molecular weight excluding hydrogens is 392 g/mol. The molecule has 1 amide bonds. The summed E-state index contributed by atoms with van der Waals surface area (Å²) < 4.78 is 7.14. The molecular formula is C23H18N6O2. The number of carbonyl (C=O) groups is 1. The Balaban J connectivity index is 1.42. The van der Waals surface area contributed by atoms with Gasteiger partial charge >= 0.3 is 0 Å². The molecule has 1 N–H and O–H groups in total. The van der Waals surface area contributed by atoms with Crippen molar-refractivity contribution in [2.45, 2.75) is 13.8 Å². The van der Waals surface area contributed by atoms with Gasteiger partial charge < -0.3 is 9.73 Å². The van der Waals surface area contributed by atoms with Crippen molar-refractivity contribution in [2.75, 3.05) is 5.32 Å². The Hall–Kier alpha value is -4.33. The Morgan fingerprint density at radius 2 is 1.84 bits per heavy atom. The Morgan fingerprint density at radius 3 is 2.55 bits per heavy atom. The van der Waals surface area contributed by atoms with Crippen LogP contribution >= 0.6 is 0 Å². The molecule has 152 valence electrons. The standard InChI is InChI=1S/C23H18N6O2/c1-14-12-19(15(2)31-14)23(30)25-18-7-5-16(6-8-18)20-9-10-21-26-27-22(29(21)28-20)17-4-3-11-24-13-17/h3-13H,1-2H3,(H,25,30). The summed E-state index contributed by atoms with van der Waals surface area (Å²) in [5, 5.41) is 16.0. The number of rotatable bonds is 4. The van der Waals surface area contributed by atoms with Crippen LogP contribution in [0, 0.1) is 13.8 Å². The molecule has 0 spiro atoms. The van der Waals surface area contributed by atoms with Crippen LogP contribution in [-0.2, 0) is 0 Å². The summed E-state index contributed by atoms with van der Waals surface area (Å²) in [5.74, 6) is 1.73. The van der Waals surface area contributed by atoms with Crippen LogP contribution in [0.1, 0.15) is 21.9 Å². The molecule has 0 aliphatic rings. The van der Waals surface area contributed by atoms with E-state index in [1.165, 1.54) is 0 Å². The lowest BCUT2D eigenvalue weighted by Gasteiger charge is -2.07. The van der Waals surface area contributed by atoms with Gasteiger partial charge in [0.25, 0.3) is 5.91 Å². The summed E-state index contributed by atoms with van der Waals surface area (Å²) in [6.45, 7) is 3.59. The van der Waals surface area contributed by atoms with Crippen LogP contribution in [0.4, 0.5) is 5.69 Å². The van der Waals surface area contributed by atoms with E-state index < -0.39 is 0 Å². The fourth-order valence-corrected chi connectivity index (χ4v) is 3.40. The normalized spacial score (nSPS) is 11.0. The Kier molecular flexibility index (Phi) is 4.51. The highest BCUT2D eigenvalue weighted by atomic mass is 16.3. The molecule has 5 aromatic rings. The summed E-state index contributed by atoms with van der Waals surface area (Å²) in [6.07, 6.45) is 3.44. The second-order valence-corrected chi connectivity index (χ2v) is 7.11. The van der Waals surface area contributed by atoms with Crippen LogP contribution < -0.4 is 5.32 Å². The molecule has 4 heterocycles. The van der Waals surface area contributed by atoms with Crippen LogP contribution in [0.2, 0.25) is 0 Å². The average molecular weight is 410 g/mol. The van der Waals surface area contributed by atoms with Gasteiger partial charge in [0.15, 0.2) is 11.5 Å². The van der Waals surface area contributed by atoms with Gasteiger partial charge in [0.2, 0.25) is 0 Å². The molecule has 0 unspecified atom stereocenters. The van der Waals surface area contributed by atoms with Gasteiger partial charge in [-0.3, -0.25) is 9.78 Å². The molecule has 0 aliphatic heterocycles. The highest BCUT2D eigenvalue weighted by Gasteiger charge is 2.14. The monoisotopic (exact) mass is 410 g/mol. The number of furan rings is 1. The van der Waals surface area contributed by atoms with Gasteiger partial charge in [0.05, 0.1) is 11.3 Å². The van der Waals surface area contributed by atoms with Gasteiger partial charge in [-0.25, -0.2) is 0 Å². The van der Waals surface area contributed by atoms with Crippen molar-refractivity contribution in [3.05, 3.63) is 84.1 Å². The highest BCUT2D eigenvalue weighted by Crippen LogP contribution is 2.23. The minimum absolute atomic E-state index is 0.202. The topological polar surface area (TPSA) is 98.2 Å². The van der Waals surface area contributed by atoms with Crippen LogP contribution in [0.25, 0.3) is 28.3 Å². The number of amides is 1. The maximum atomic E-state index is 12.5. The van der Waals surface area contributed by atoms with Crippen molar-refractivity contribution in [3.8, 4) is 22.6 Å². The SMILES string of the molecule is Cc1cc(C(=O)Nc2ccc(-c3ccc4nnc(-c5cccnc5)n4n3)cc2)c(C)o1. The number of hydrogen-bond acceptors (Lipinski definition) is 6. The molecule has 0 fully saturated rings. The minimum Gasteiger partial charge on any atom is -0.466 e. The van der Waals surface area contributed by atoms with Gasteiger partial charge in [-0.15, -0.1) is 10.2 Å². The number of aromatic nitrogens is 5. The Bertz CT molecular complexity index is 1390. The van der Waals surface area contributed by atoms with Crippen molar-refractivity contribution in [3.63, 3.8) is 0 Å². The summed E-state index contributed by atoms with van der Waals surface area (Å²) in [4.78, 5) is 16.6. The number of carbonyl (C=O) groups excluding carboxylic acids is 1. The van der Waals surface area contributed by atoms with Gasteiger partial charge in [-0.1, -0.05) is 12.1 Å². The van der Waals surface area contributed by atoms with Gasteiger partial charge in [-0.05, 0) is 56.3 Å². The lowest BCUT2D eigenvalue weighted by atomic mass is 10.1. The van der Waals surface area contributed by atoms with Crippen LogP contribution in [0.15, 0.2) is 71.4 Å². The zero-order valence-electron chi connectivity index (χ0n) is 16.9. The Labute approximate surface area is 177 Å². The van der Waals surface area contributed by atoms with Gasteiger partial charge in [0, 0.05) is 29.2 Å². The van der Waals surface area contributed by atoms with E-state index >= 15 is 0 Å². The van der Waals surface area contributed by atoms with E-state index in [1.54, 1.807) is 29.9 Å². The highest BCUT2D eigenvalue weighted by molar-refractivity contribution is 6.05. The van der Waals surface area contributed by atoms with Crippen molar-refractivity contribution in [2.24, 2.45) is 0 Å². The first-order valence-corrected chi connectivity index (χ1v) is 9.70. The predicted molar refractivity (Wildman–Crippen MR) is 116 cm³/mol. The fourth-order valence-electron chi connectivity index (χ4n) is 3.40. The quantitative estimate of drug-likeness (QED) is 0.474. The third-order valence-corrected chi connectivity index (χ3v) is 4.91. The smallest absolute Gasteiger partial charge is 0.259 e. The summed E-state index contributed by atoms with van der Waals surface area (Å²) in [6, 6.07) is 16.8. The number of pyridine rings is 1. The fraction of sp³-hybridized carbons (Fsp3) is 0.0870. The molecule has 8 nitrogen and oxygen atoms in total. The maximum absolute atomic E-state index is 12.5. The van der Waals surface area contributed by atoms with E-state index in [1.807, 2.05) is 55.5 Å². The first-order chi connectivity index (χ1) is 15.1. The molecule has 0 radical (unpaired) electrons. The Morgan fingerprint density at radius 1 is 1.00 bits per heavy atom. The molecule has 1 aromatic carbocycles. The van der Waals surface area contributed by atoms with Gasteiger partial charge in [0.1, 0.15) is 11.5 Å². The number of aryl methyl sites for hydroxylation is 2. The lowest BCUT2D eigenvalue weighted by Crippen LogP contribution is -2.12. The molecule has 31 heavy (non-hydrogen) atoms. The van der Waals surface area contributed by atoms with Crippen LogP contribution in [0.3, 0.4) is 0 Å². The van der Waals surface area contributed by atoms with E-state index in [0.29, 0.717) is 34.2 Å². The molecule has 5 rings (SSSR count). The maximum Gasteiger partial charge on any atom is 0.259 e. The van der Waals surface area contributed by atoms with Crippen molar-refractivity contribution >= 4 is 17.2 Å². The average Bonchev–Trinajstić information content (AvgIpc) is 3.36. The van der Waals surface area contributed by atoms with Gasteiger partial charge in [-0.2, -0.15) is 9.61 Å². The third-order valence-electron chi connectivity index (χ3n) is 4.91. The molecule has 8 heteroatoms. The van der Waals surface area contributed by atoms with Crippen molar-refractivity contribution in [1.82, 2.24) is 24.8 Å². The first kappa shape index (κ1) is 18.7. The number of nitrogens with zero attached hydrogens (tertiary/aromatic N) is 5. The van der Waals surface area contributed by atoms with Crippen LogP contribution in [-0.4, -0.2) is 30.7 Å². The van der Waals surface area contributed by atoms with Crippen molar-refractivity contribution < 1.29 is 9.21 Å². The van der Waals surface area contributed by atoms with Crippen molar-refractivity contribution in [1.29, 1.82) is 0 Å². The minimum atomic E-state index is -0.202. The molecule has 0 bridgehead atoms. The number of hydrogen-bond donors (Lipinski definition) is 1. The number of fused-ring (bicyclic) bond motifs is 1. The summed E-state index contributed by atoms with van der Waals surface area (Å²) in [5.41, 5.74) is 4.37. The molecule has 0 aliphatic carbocycles. The van der Waals surface area contributed by atoms with E-state index in [9.17, 15) is 4.79 Å². The molecule has 0 saturated carbocycles. The second-order valence-electron chi connectivity index (χ2n) is 7.11. The number of anilines is 1. The summed E-state index contributed by atoms with van der Waals surface area (Å²) >= 11 is 0. The zero-order valence-corrected chi connectivity index (χ0v) is 16.9. The molecule has 0 saturated heterocycles. The summed E-state index contributed by atoms with van der Waals surface area (Å²) in [7, 11) is 0. The van der Waals surface area contributed by atoms with E-state index in [4.69, 9.17) is 9.52 Å². The zero-order chi connectivity index (χ0) is 21.4. The molecule has 4 aromatic heterocycles. The van der Waals surface area contributed by atoms with E-state index in [-0.39, 0.29) is 5.91 Å². The largest absolute Gasteiger partial charge is 0.466 e. The number of benzene rings is 1. The third kappa shape index (κ3) is 3.55. The van der Waals surface area contributed by atoms with Crippen LogP contribution in [0.5, 0.6) is 0 Å². The second kappa shape index (κ2) is 7.49. The van der Waals surface area contributed by atoms with E-state index in [0.717, 1.165) is 16.8 Å². The lowest BCUT2D eigenvalue weighted by molar-refractivity contribution is 0.102. The predicted octanol–water partition coefficient (Wildman–Crippen LogP) is 4.32. The first-order valence-electron chi connectivity index (χ1n) is 9.70. The van der Waals surface area contributed by atoms with E-state index in [2.05, 4.69) is 20.5 Å². The number of nitrogens with one attached hydrogen (secondary N) is 1. The molecule has 0 atom stereocenters.